The van der Waals surface area contributed by atoms with Crippen LogP contribution >= 0.6 is 0 Å². The van der Waals surface area contributed by atoms with Crippen LogP contribution in [-0.4, -0.2) is 37.0 Å². The number of aryl methyl sites for hydroxylation is 1. The number of sulfonamides is 1. The summed E-state index contributed by atoms with van der Waals surface area (Å²) in [7, 11) is -1.50. The number of anilines is 1. The summed E-state index contributed by atoms with van der Waals surface area (Å²) >= 11 is 0. The molecule has 0 saturated carbocycles. The molecule has 1 aromatic heterocycles. The molecule has 104 valence electrons. The summed E-state index contributed by atoms with van der Waals surface area (Å²) in [6.07, 6.45) is 5.77. The Labute approximate surface area is 109 Å². The van der Waals surface area contributed by atoms with Gasteiger partial charge in [0.25, 0.3) is 0 Å². The second kappa shape index (κ2) is 7.38. The van der Waals surface area contributed by atoms with Crippen molar-refractivity contribution in [2.75, 3.05) is 23.6 Å². The summed E-state index contributed by atoms with van der Waals surface area (Å²) in [5.41, 5.74) is 0.515. The van der Waals surface area contributed by atoms with Gasteiger partial charge in [-0.25, -0.2) is 8.42 Å². The number of nitrogens with zero attached hydrogens (tertiary/aromatic N) is 2. The summed E-state index contributed by atoms with van der Waals surface area (Å²) in [6, 6.07) is 0. The Morgan fingerprint density at radius 3 is 2.72 bits per heavy atom. The summed E-state index contributed by atoms with van der Waals surface area (Å²) < 4.78 is 27.5. The normalized spacial score (nSPS) is 11.7. The third-order valence-electron chi connectivity index (χ3n) is 2.42. The largest absolute Gasteiger partial charge is 0.317 e. The molecule has 1 heterocycles. The minimum absolute atomic E-state index is 0.149. The average Bonchev–Trinajstić information content (AvgIpc) is 2.68. The average molecular weight is 274 g/mol. The first-order chi connectivity index (χ1) is 8.53. The first-order valence-electron chi connectivity index (χ1n) is 6.23. The quantitative estimate of drug-likeness (QED) is 0.657. The Balaban J connectivity index is 2.23. The number of unbranched alkanes of at least 4 members (excludes halogenated alkanes) is 1. The molecule has 2 N–H and O–H groups in total. The molecule has 0 aliphatic heterocycles. The monoisotopic (exact) mass is 274 g/mol. The molecule has 0 saturated heterocycles. The van der Waals surface area contributed by atoms with Gasteiger partial charge in [0.1, 0.15) is 0 Å². The second-order valence-electron chi connectivity index (χ2n) is 4.28. The molecule has 18 heavy (non-hydrogen) atoms. The van der Waals surface area contributed by atoms with E-state index >= 15 is 0 Å². The molecule has 0 atom stereocenters. The molecule has 1 rings (SSSR count). The van der Waals surface area contributed by atoms with E-state index in [4.69, 9.17) is 0 Å². The molecule has 7 heteroatoms. The molecule has 6 nitrogen and oxygen atoms in total. The third-order valence-corrected chi connectivity index (χ3v) is 3.79. The van der Waals surface area contributed by atoms with Crippen LogP contribution in [0.15, 0.2) is 12.4 Å². The predicted molar refractivity (Wildman–Crippen MR) is 73.0 cm³/mol. The zero-order valence-corrected chi connectivity index (χ0v) is 11.8. The van der Waals surface area contributed by atoms with Crippen LogP contribution in [0.2, 0.25) is 0 Å². The fourth-order valence-corrected chi connectivity index (χ4v) is 2.70. The van der Waals surface area contributed by atoms with Crippen molar-refractivity contribution < 1.29 is 8.42 Å². The van der Waals surface area contributed by atoms with Crippen LogP contribution in [-0.2, 0) is 17.1 Å². The van der Waals surface area contributed by atoms with Gasteiger partial charge in [0.2, 0.25) is 10.0 Å². The lowest BCUT2D eigenvalue weighted by atomic mass is 10.3. The number of nitrogens with one attached hydrogen (secondary N) is 2. The fraction of sp³-hybridized carbons (Fsp3) is 0.727. The summed E-state index contributed by atoms with van der Waals surface area (Å²) in [5, 5.41) is 7.16. The van der Waals surface area contributed by atoms with Gasteiger partial charge in [-0.15, -0.1) is 0 Å². The van der Waals surface area contributed by atoms with Crippen LogP contribution < -0.4 is 10.0 Å². The molecular formula is C11H22N4O2S. The highest BCUT2D eigenvalue weighted by Crippen LogP contribution is 2.07. The van der Waals surface area contributed by atoms with E-state index in [1.807, 2.05) is 0 Å². The molecule has 0 aliphatic rings. The molecule has 0 bridgehead atoms. The van der Waals surface area contributed by atoms with Gasteiger partial charge in [-0.1, -0.05) is 6.92 Å². The molecule has 0 aromatic carbocycles. The van der Waals surface area contributed by atoms with Crippen molar-refractivity contribution in [3.8, 4) is 0 Å². The second-order valence-corrected chi connectivity index (χ2v) is 6.12. The maximum Gasteiger partial charge on any atom is 0.232 e. The zero-order chi connectivity index (χ0) is 13.4. The zero-order valence-electron chi connectivity index (χ0n) is 11.0. The van der Waals surface area contributed by atoms with Gasteiger partial charge < -0.3 is 5.32 Å². The molecule has 0 aliphatic carbocycles. The minimum Gasteiger partial charge on any atom is -0.317 e. The molecule has 1 aromatic rings. The number of rotatable bonds is 9. The van der Waals surface area contributed by atoms with Crippen molar-refractivity contribution in [1.82, 2.24) is 15.1 Å². The van der Waals surface area contributed by atoms with E-state index in [0.29, 0.717) is 12.1 Å². The highest BCUT2D eigenvalue weighted by molar-refractivity contribution is 7.92. The van der Waals surface area contributed by atoms with Crippen molar-refractivity contribution in [2.45, 2.75) is 26.2 Å². The van der Waals surface area contributed by atoms with E-state index in [1.54, 1.807) is 17.9 Å². The third kappa shape index (κ3) is 6.02. The van der Waals surface area contributed by atoms with Crippen molar-refractivity contribution in [3.05, 3.63) is 12.4 Å². The molecule has 0 radical (unpaired) electrons. The van der Waals surface area contributed by atoms with Gasteiger partial charge in [0.15, 0.2) is 0 Å². The van der Waals surface area contributed by atoms with Crippen LogP contribution in [0.3, 0.4) is 0 Å². The van der Waals surface area contributed by atoms with E-state index in [1.165, 1.54) is 6.20 Å². The van der Waals surface area contributed by atoms with Gasteiger partial charge >= 0.3 is 0 Å². The Morgan fingerprint density at radius 2 is 2.11 bits per heavy atom. The van der Waals surface area contributed by atoms with E-state index in [9.17, 15) is 8.42 Å². The lowest BCUT2D eigenvalue weighted by Gasteiger charge is -2.06. The topological polar surface area (TPSA) is 76.0 Å². The molecular weight excluding hydrogens is 252 g/mol. The molecule has 0 amide bonds. The molecule has 0 spiro atoms. The van der Waals surface area contributed by atoms with Crippen LogP contribution in [0.5, 0.6) is 0 Å². The number of hydrogen-bond donors (Lipinski definition) is 2. The summed E-state index contributed by atoms with van der Waals surface area (Å²) in [6.45, 7) is 3.96. The summed E-state index contributed by atoms with van der Waals surface area (Å²) in [4.78, 5) is 0. The highest BCUT2D eigenvalue weighted by Gasteiger charge is 2.10. The van der Waals surface area contributed by atoms with Crippen molar-refractivity contribution in [2.24, 2.45) is 7.05 Å². The molecule has 0 unspecified atom stereocenters. The Morgan fingerprint density at radius 1 is 1.33 bits per heavy atom. The Hall–Kier alpha value is -1.08. The first kappa shape index (κ1) is 15.0. The maximum absolute atomic E-state index is 11.7. The van der Waals surface area contributed by atoms with Gasteiger partial charge in [-0.05, 0) is 32.4 Å². The van der Waals surface area contributed by atoms with E-state index in [-0.39, 0.29) is 5.75 Å². The lowest BCUT2D eigenvalue weighted by Crippen LogP contribution is -2.19. The van der Waals surface area contributed by atoms with Crippen LogP contribution in [0, 0.1) is 0 Å². The van der Waals surface area contributed by atoms with E-state index in [0.717, 1.165) is 25.9 Å². The van der Waals surface area contributed by atoms with E-state index < -0.39 is 10.0 Å². The summed E-state index contributed by atoms with van der Waals surface area (Å²) in [5.74, 6) is 0.149. The highest BCUT2D eigenvalue weighted by atomic mass is 32.2. The minimum atomic E-state index is -3.25. The number of hydrogen-bond acceptors (Lipinski definition) is 4. The lowest BCUT2D eigenvalue weighted by molar-refractivity contribution is 0.590. The maximum atomic E-state index is 11.7. The first-order valence-corrected chi connectivity index (χ1v) is 7.88. The van der Waals surface area contributed by atoms with Crippen molar-refractivity contribution in [3.63, 3.8) is 0 Å². The smallest absolute Gasteiger partial charge is 0.232 e. The standard InChI is InChI=1S/C11H22N4O2S/c1-3-6-12-7-4-5-8-18(16,17)14-11-9-13-15(2)10-11/h9-10,12,14H,3-8H2,1-2H3. The van der Waals surface area contributed by atoms with Gasteiger partial charge in [-0.2, -0.15) is 5.10 Å². The fourth-order valence-electron chi connectivity index (χ4n) is 1.55. The van der Waals surface area contributed by atoms with Crippen LogP contribution in [0.4, 0.5) is 5.69 Å². The van der Waals surface area contributed by atoms with Crippen molar-refractivity contribution >= 4 is 15.7 Å². The number of aromatic nitrogens is 2. The molecule has 0 fully saturated rings. The van der Waals surface area contributed by atoms with Crippen molar-refractivity contribution in [1.29, 1.82) is 0 Å². The predicted octanol–water partition coefficient (Wildman–Crippen LogP) is 0.942. The van der Waals surface area contributed by atoms with Gasteiger partial charge in [-0.3, -0.25) is 9.40 Å². The SMILES string of the molecule is CCCNCCCCS(=O)(=O)Nc1cnn(C)c1. The van der Waals surface area contributed by atoms with E-state index in [2.05, 4.69) is 22.1 Å². The Kier molecular flexibility index (Phi) is 6.14. The Bertz CT molecular complexity index is 442. The van der Waals surface area contributed by atoms with Gasteiger partial charge in [0, 0.05) is 13.2 Å². The van der Waals surface area contributed by atoms with Crippen LogP contribution in [0.1, 0.15) is 26.2 Å². The van der Waals surface area contributed by atoms with Crippen LogP contribution in [0.25, 0.3) is 0 Å². The van der Waals surface area contributed by atoms with Gasteiger partial charge in [0.05, 0.1) is 17.6 Å².